The van der Waals surface area contributed by atoms with Gasteiger partial charge < -0.3 is 6.42 Å². The van der Waals surface area contributed by atoms with Gasteiger partial charge in [0.1, 0.15) is 0 Å². The summed E-state index contributed by atoms with van der Waals surface area (Å²) >= 11 is 0. The predicted octanol–water partition coefficient (Wildman–Crippen LogP) is 1.23. The van der Waals surface area contributed by atoms with Crippen molar-refractivity contribution in [2.24, 2.45) is 0 Å². The number of hydrogen-bond acceptors (Lipinski definition) is 0. The Morgan fingerprint density at radius 1 is 1.25 bits per heavy atom. The largest absolute Gasteiger partial charge is 0.335 e. The smallest absolute Gasteiger partial charge is 0 e. The van der Waals surface area contributed by atoms with Crippen molar-refractivity contribution in [1.29, 1.82) is 0 Å². The van der Waals surface area contributed by atoms with E-state index in [1.165, 1.54) is 0 Å². The van der Waals surface area contributed by atoms with Crippen LogP contribution in [0.3, 0.4) is 0 Å². The standard InChI is InChI=1S/C3H7.Zr/c1-3-2;/h3H,1-2H3;/q-1;. The van der Waals surface area contributed by atoms with Gasteiger partial charge in [0.25, 0.3) is 0 Å². The minimum absolute atomic E-state index is 0. The van der Waals surface area contributed by atoms with Crippen LogP contribution in [0.1, 0.15) is 13.8 Å². The molecule has 0 heterocycles. The Balaban J connectivity index is 0. The van der Waals surface area contributed by atoms with Crippen molar-refractivity contribution < 1.29 is 26.2 Å². The Labute approximate surface area is 46.7 Å². The quantitative estimate of drug-likeness (QED) is 0.437. The van der Waals surface area contributed by atoms with Gasteiger partial charge in [0.15, 0.2) is 0 Å². The maximum atomic E-state index is 2.00. The second-order valence-corrected chi connectivity index (χ2v) is 0.577. The third kappa shape index (κ3) is 13.1. The van der Waals surface area contributed by atoms with E-state index in [-0.39, 0.29) is 26.2 Å². The van der Waals surface area contributed by atoms with Crippen LogP contribution in [-0.4, -0.2) is 0 Å². The molecule has 0 N–H and O–H groups in total. The summed E-state index contributed by atoms with van der Waals surface area (Å²) < 4.78 is 0. The van der Waals surface area contributed by atoms with Crippen LogP contribution in [0.2, 0.25) is 0 Å². The van der Waals surface area contributed by atoms with Crippen LogP contribution < -0.4 is 0 Å². The van der Waals surface area contributed by atoms with Crippen molar-refractivity contribution in [3.8, 4) is 0 Å². The molecule has 0 rings (SSSR count). The van der Waals surface area contributed by atoms with E-state index in [1.54, 1.807) is 0 Å². The maximum absolute atomic E-state index is 2.00. The fourth-order valence-electron chi connectivity index (χ4n) is 0. The summed E-state index contributed by atoms with van der Waals surface area (Å²) in [6.45, 7) is 4.00. The molecule has 24 valence electrons. The Morgan fingerprint density at radius 3 is 1.25 bits per heavy atom. The van der Waals surface area contributed by atoms with E-state index in [4.69, 9.17) is 0 Å². The van der Waals surface area contributed by atoms with Crippen LogP contribution in [0.15, 0.2) is 0 Å². The molecular weight excluding hydrogens is 127 g/mol. The van der Waals surface area contributed by atoms with E-state index in [9.17, 15) is 0 Å². The fourth-order valence-corrected chi connectivity index (χ4v) is 0. The Morgan fingerprint density at radius 2 is 1.25 bits per heavy atom. The molecule has 0 nitrogen and oxygen atoms in total. The molecule has 0 aliphatic heterocycles. The van der Waals surface area contributed by atoms with Crippen molar-refractivity contribution in [3.63, 3.8) is 0 Å². The molecule has 0 aromatic rings. The Hall–Kier alpha value is 0.883. The molecule has 0 aliphatic rings. The van der Waals surface area contributed by atoms with E-state index in [0.717, 1.165) is 0 Å². The normalized spacial score (nSPS) is 4.50. The van der Waals surface area contributed by atoms with Crippen molar-refractivity contribution in [3.05, 3.63) is 6.42 Å². The molecule has 0 aromatic heterocycles. The monoisotopic (exact) mass is 133 g/mol. The summed E-state index contributed by atoms with van der Waals surface area (Å²) in [7, 11) is 0. The second kappa shape index (κ2) is 9.10. The van der Waals surface area contributed by atoms with Gasteiger partial charge in [0.05, 0.1) is 0 Å². The van der Waals surface area contributed by atoms with Gasteiger partial charge in [-0.05, 0) is 0 Å². The first-order chi connectivity index (χ1) is 1.41. The number of hydrogen-bond donors (Lipinski definition) is 0. The van der Waals surface area contributed by atoms with Gasteiger partial charge in [-0.1, -0.05) is 0 Å². The van der Waals surface area contributed by atoms with E-state index in [0.29, 0.717) is 0 Å². The molecule has 0 fully saturated rings. The third-order valence-electron chi connectivity index (χ3n) is 0. The molecule has 0 unspecified atom stereocenters. The molecule has 0 atom stereocenters. The van der Waals surface area contributed by atoms with Gasteiger partial charge in [-0.3, -0.25) is 0 Å². The molecule has 4 heavy (non-hydrogen) atoms. The van der Waals surface area contributed by atoms with E-state index >= 15 is 0 Å². The second-order valence-electron chi connectivity index (χ2n) is 0.577. The van der Waals surface area contributed by atoms with Gasteiger partial charge in [0.2, 0.25) is 0 Å². The molecule has 0 aromatic carbocycles. The summed E-state index contributed by atoms with van der Waals surface area (Å²) in [5.74, 6) is 0. The average molecular weight is 134 g/mol. The van der Waals surface area contributed by atoms with E-state index in [1.807, 2.05) is 20.3 Å². The molecule has 0 saturated heterocycles. The average Bonchev–Trinajstić information content (AvgIpc) is 0.918. The minimum Gasteiger partial charge on any atom is -0.335 e. The first-order valence-corrected chi connectivity index (χ1v) is 1.15. The van der Waals surface area contributed by atoms with Crippen LogP contribution in [0, 0.1) is 6.42 Å². The predicted molar refractivity (Wildman–Crippen MR) is 15.6 cm³/mol. The summed E-state index contributed by atoms with van der Waals surface area (Å²) in [6, 6.07) is 0. The van der Waals surface area contributed by atoms with Crippen molar-refractivity contribution in [1.82, 2.24) is 0 Å². The Bertz CT molecular complexity index is 3.25. The zero-order chi connectivity index (χ0) is 2.71. The molecule has 0 spiro atoms. The summed E-state index contributed by atoms with van der Waals surface area (Å²) in [4.78, 5) is 0. The zero-order valence-electron chi connectivity index (χ0n) is 3.08. The van der Waals surface area contributed by atoms with E-state index < -0.39 is 0 Å². The first kappa shape index (κ1) is 8.86. The molecule has 0 bridgehead atoms. The molecule has 0 aliphatic carbocycles. The van der Waals surface area contributed by atoms with Gasteiger partial charge in [-0.25, -0.2) is 0 Å². The van der Waals surface area contributed by atoms with Crippen molar-refractivity contribution in [2.75, 3.05) is 0 Å². The number of rotatable bonds is 0. The summed E-state index contributed by atoms with van der Waals surface area (Å²) in [5.41, 5.74) is 0. The van der Waals surface area contributed by atoms with Crippen LogP contribution >= 0.6 is 0 Å². The first-order valence-electron chi connectivity index (χ1n) is 1.15. The maximum Gasteiger partial charge on any atom is 0 e. The van der Waals surface area contributed by atoms with Crippen molar-refractivity contribution >= 4 is 0 Å². The molecule has 0 saturated carbocycles. The molecule has 1 heteroatoms. The van der Waals surface area contributed by atoms with Crippen LogP contribution in [-0.2, 0) is 26.2 Å². The van der Waals surface area contributed by atoms with Crippen molar-refractivity contribution in [2.45, 2.75) is 13.8 Å². The summed E-state index contributed by atoms with van der Waals surface area (Å²) in [6.07, 6.45) is 2.00. The SMILES string of the molecule is C[CH-]C.[Zr]. The topological polar surface area (TPSA) is 0 Å². The van der Waals surface area contributed by atoms with Gasteiger partial charge >= 0.3 is 0 Å². The van der Waals surface area contributed by atoms with Gasteiger partial charge in [0, 0.05) is 26.2 Å². The third-order valence-corrected chi connectivity index (χ3v) is 0. The van der Waals surface area contributed by atoms with Crippen LogP contribution in [0.5, 0.6) is 0 Å². The van der Waals surface area contributed by atoms with E-state index in [2.05, 4.69) is 0 Å². The van der Waals surface area contributed by atoms with Crippen LogP contribution in [0.4, 0.5) is 0 Å². The minimum atomic E-state index is 0. The fraction of sp³-hybridized carbons (Fsp3) is 0.667. The van der Waals surface area contributed by atoms with Gasteiger partial charge in [-0.15, -0.1) is 0 Å². The molecule has 0 amide bonds. The van der Waals surface area contributed by atoms with Crippen LogP contribution in [0.25, 0.3) is 0 Å². The van der Waals surface area contributed by atoms with Gasteiger partial charge in [-0.2, -0.15) is 13.8 Å². The molecule has 0 radical (unpaired) electrons. The molecular formula is C3H7Zr-. The summed E-state index contributed by atoms with van der Waals surface area (Å²) in [5, 5.41) is 0. The zero-order valence-corrected chi connectivity index (χ0v) is 5.54. The Kier molecular flexibility index (Phi) is 20.2.